The third kappa shape index (κ3) is 3.32. The fourth-order valence-electron chi connectivity index (χ4n) is 1.34. The number of anilines is 2. The van der Waals surface area contributed by atoms with Crippen molar-refractivity contribution in [3.63, 3.8) is 0 Å². The monoisotopic (exact) mass is 247 g/mol. The number of aromatic nitrogens is 3. The number of nitrogens with two attached hydrogens (primary N) is 2. The van der Waals surface area contributed by atoms with E-state index in [1.807, 2.05) is 25.1 Å². The fraction of sp³-hybridized carbons (Fsp3) is 0.182. The van der Waals surface area contributed by atoms with Crippen molar-refractivity contribution in [3.05, 3.63) is 35.7 Å². The smallest absolute Gasteiger partial charge is 0.191 e. The van der Waals surface area contributed by atoms with Gasteiger partial charge in [0.1, 0.15) is 11.6 Å². The summed E-state index contributed by atoms with van der Waals surface area (Å²) in [6.45, 7) is 1.96. The first kappa shape index (κ1) is 11.7. The molecule has 2 aromatic rings. The van der Waals surface area contributed by atoms with Gasteiger partial charge in [-0.2, -0.15) is 0 Å². The van der Waals surface area contributed by atoms with Gasteiger partial charge in [-0.1, -0.05) is 17.8 Å². The van der Waals surface area contributed by atoms with E-state index < -0.39 is 0 Å². The number of thioether (sulfide) groups is 1. The maximum absolute atomic E-state index is 5.59. The molecule has 2 heterocycles. The molecule has 0 spiro atoms. The Bertz CT molecular complexity index is 509. The van der Waals surface area contributed by atoms with Crippen molar-refractivity contribution < 1.29 is 0 Å². The van der Waals surface area contributed by atoms with Gasteiger partial charge in [0.05, 0.1) is 5.69 Å². The van der Waals surface area contributed by atoms with Crippen molar-refractivity contribution in [2.75, 3.05) is 11.5 Å². The van der Waals surface area contributed by atoms with E-state index in [0.29, 0.717) is 22.5 Å². The highest BCUT2D eigenvalue weighted by atomic mass is 32.2. The molecule has 0 saturated carbocycles. The fourth-order valence-corrected chi connectivity index (χ4v) is 2.12. The van der Waals surface area contributed by atoms with Crippen molar-refractivity contribution in [2.45, 2.75) is 17.8 Å². The molecule has 5 nitrogen and oxygen atoms in total. The average molecular weight is 247 g/mol. The highest BCUT2D eigenvalue weighted by Gasteiger charge is 2.03. The van der Waals surface area contributed by atoms with Crippen LogP contribution in [0.15, 0.2) is 29.4 Å². The lowest BCUT2D eigenvalue weighted by molar-refractivity contribution is 0.980. The van der Waals surface area contributed by atoms with Crippen molar-refractivity contribution in [1.82, 2.24) is 15.0 Å². The molecule has 0 radical (unpaired) electrons. The summed E-state index contributed by atoms with van der Waals surface area (Å²) in [6.07, 6.45) is 0. The topological polar surface area (TPSA) is 90.7 Å². The van der Waals surface area contributed by atoms with Gasteiger partial charge in [0, 0.05) is 17.5 Å². The summed E-state index contributed by atoms with van der Waals surface area (Å²) in [6, 6.07) is 7.45. The molecule has 0 aliphatic carbocycles. The summed E-state index contributed by atoms with van der Waals surface area (Å²) in [5, 5.41) is 0.575. The Kier molecular flexibility index (Phi) is 3.43. The molecule has 17 heavy (non-hydrogen) atoms. The first-order valence-corrected chi connectivity index (χ1v) is 6.07. The number of hydrogen-bond acceptors (Lipinski definition) is 6. The molecule has 2 rings (SSSR count). The molecule has 0 fully saturated rings. The Hall–Kier alpha value is -1.82. The quantitative estimate of drug-likeness (QED) is 0.633. The molecule has 0 aromatic carbocycles. The van der Waals surface area contributed by atoms with Gasteiger partial charge in [-0.05, 0) is 19.1 Å². The maximum Gasteiger partial charge on any atom is 0.191 e. The Morgan fingerprint density at radius 1 is 1.12 bits per heavy atom. The first-order chi connectivity index (χ1) is 8.13. The van der Waals surface area contributed by atoms with Gasteiger partial charge in [0.15, 0.2) is 5.16 Å². The number of hydrogen-bond donors (Lipinski definition) is 2. The van der Waals surface area contributed by atoms with Crippen LogP contribution in [0.5, 0.6) is 0 Å². The zero-order chi connectivity index (χ0) is 12.3. The Morgan fingerprint density at radius 3 is 2.47 bits per heavy atom. The third-order valence-electron chi connectivity index (χ3n) is 2.04. The van der Waals surface area contributed by atoms with Crippen molar-refractivity contribution in [1.29, 1.82) is 0 Å². The number of aryl methyl sites for hydroxylation is 1. The first-order valence-electron chi connectivity index (χ1n) is 5.09. The molecule has 0 bridgehead atoms. The van der Waals surface area contributed by atoms with E-state index in [1.165, 1.54) is 17.8 Å². The lowest BCUT2D eigenvalue weighted by Gasteiger charge is -2.03. The van der Waals surface area contributed by atoms with Crippen molar-refractivity contribution >= 4 is 23.4 Å². The third-order valence-corrected chi connectivity index (χ3v) is 2.92. The molecule has 4 N–H and O–H groups in total. The van der Waals surface area contributed by atoms with Crippen LogP contribution >= 0.6 is 11.8 Å². The second-order valence-electron chi connectivity index (χ2n) is 3.56. The lowest BCUT2D eigenvalue weighted by Crippen LogP contribution is -1.99. The van der Waals surface area contributed by atoms with Gasteiger partial charge in [-0.15, -0.1) is 0 Å². The van der Waals surface area contributed by atoms with Crippen LogP contribution in [0.2, 0.25) is 0 Å². The number of rotatable bonds is 3. The summed E-state index contributed by atoms with van der Waals surface area (Å²) in [4.78, 5) is 12.6. The summed E-state index contributed by atoms with van der Waals surface area (Å²) < 4.78 is 0. The molecule has 6 heteroatoms. The van der Waals surface area contributed by atoms with Gasteiger partial charge >= 0.3 is 0 Å². The minimum absolute atomic E-state index is 0.386. The van der Waals surface area contributed by atoms with Gasteiger partial charge in [0.25, 0.3) is 0 Å². The summed E-state index contributed by atoms with van der Waals surface area (Å²) in [5.41, 5.74) is 13.2. The van der Waals surface area contributed by atoms with Gasteiger partial charge in [0.2, 0.25) is 0 Å². The second kappa shape index (κ2) is 5.01. The summed E-state index contributed by atoms with van der Waals surface area (Å²) in [5.74, 6) is 1.47. The molecular weight excluding hydrogens is 234 g/mol. The molecule has 0 unspecified atom stereocenters. The number of nitrogens with zero attached hydrogens (tertiary/aromatic N) is 3. The van der Waals surface area contributed by atoms with Crippen LogP contribution in [0.1, 0.15) is 11.4 Å². The van der Waals surface area contributed by atoms with Gasteiger partial charge in [-0.3, -0.25) is 4.98 Å². The minimum Gasteiger partial charge on any atom is -0.383 e. The Labute approximate surface area is 104 Å². The molecular formula is C11H13N5S. The second-order valence-corrected chi connectivity index (χ2v) is 4.50. The van der Waals surface area contributed by atoms with Crippen LogP contribution in [0.25, 0.3) is 0 Å². The van der Waals surface area contributed by atoms with Crippen LogP contribution in [-0.4, -0.2) is 15.0 Å². The highest BCUT2D eigenvalue weighted by Crippen LogP contribution is 2.20. The van der Waals surface area contributed by atoms with Crippen molar-refractivity contribution in [3.8, 4) is 0 Å². The molecule has 88 valence electrons. The highest BCUT2D eigenvalue weighted by molar-refractivity contribution is 7.98. The molecule has 0 amide bonds. The molecule has 0 atom stereocenters. The largest absolute Gasteiger partial charge is 0.383 e. The van der Waals surface area contributed by atoms with Crippen LogP contribution in [0.3, 0.4) is 0 Å². The van der Waals surface area contributed by atoms with E-state index in [0.717, 1.165) is 11.4 Å². The van der Waals surface area contributed by atoms with E-state index in [1.54, 1.807) is 0 Å². The van der Waals surface area contributed by atoms with Crippen LogP contribution in [0.4, 0.5) is 11.6 Å². The molecule has 0 saturated heterocycles. The van der Waals surface area contributed by atoms with Crippen LogP contribution in [0, 0.1) is 6.92 Å². The Balaban J connectivity index is 2.07. The van der Waals surface area contributed by atoms with Crippen molar-refractivity contribution in [2.24, 2.45) is 0 Å². The van der Waals surface area contributed by atoms with Crippen LogP contribution in [-0.2, 0) is 5.75 Å². The molecule has 0 aliphatic rings. The predicted molar refractivity (Wildman–Crippen MR) is 69.4 cm³/mol. The van der Waals surface area contributed by atoms with Gasteiger partial charge < -0.3 is 11.5 Å². The van der Waals surface area contributed by atoms with E-state index in [-0.39, 0.29) is 0 Å². The van der Waals surface area contributed by atoms with Gasteiger partial charge in [-0.25, -0.2) is 9.97 Å². The van der Waals surface area contributed by atoms with E-state index in [4.69, 9.17) is 11.5 Å². The van der Waals surface area contributed by atoms with Crippen LogP contribution < -0.4 is 11.5 Å². The maximum atomic E-state index is 5.59. The summed E-state index contributed by atoms with van der Waals surface area (Å²) in [7, 11) is 0. The normalized spacial score (nSPS) is 10.4. The predicted octanol–water partition coefficient (Wildman–Crippen LogP) is 1.64. The minimum atomic E-state index is 0.386. The number of nitrogen functional groups attached to an aromatic ring is 2. The van der Waals surface area contributed by atoms with E-state index in [2.05, 4.69) is 15.0 Å². The summed E-state index contributed by atoms with van der Waals surface area (Å²) >= 11 is 1.47. The zero-order valence-corrected chi connectivity index (χ0v) is 10.2. The molecule has 0 aliphatic heterocycles. The van der Waals surface area contributed by atoms with E-state index in [9.17, 15) is 0 Å². The standard InChI is InChI=1S/C11H13N5S/c1-7-3-2-4-8(14-7)6-17-11-15-9(12)5-10(13)16-11/h2-5H,6H2,1H3,(H4,12,13,15,16). The number of pyridine rings is 1. The SMILES string of the molecule is Cc1cccc(CSc2nc(N)cc(N)n2)n1. The lowest BCUT2D eigenvalue weighted by atomic mass is 10.3. The van der Waals surface area contributed by atoms with E-state index >= 15 is 0 Å². The Morgan fingerprint density at radius 2 is 1.82 bits per heavy atom. The molecule has 2 aromatic heterocycles. The zero-order valence-electron chi connectivity index (χ0n) is 9.42. The average Bonchev–Trinajstić information content (AvgIpc) is 2.25.